The molecular weight excluding hydrogens is 342 g/mol. The molecule has 0 saturated heterocycles. The zero-order chi connectivity index (χ0) is 17.8. The lowest BCUT2D eigenvalue weighted by Crippen LogP contribution is -2.37. The fourth-order valence-corrected chi connectivity index (χ4v) is 2.76. The molecule has 7 heteroatoms. The maximum atomic E-state index is 11.7. The molecule has 0 saturated carbocycles. The number of rotatable bonds is 5. The van der Waals surface area contributed by atoms with E-state index in [1.54, 1.807) is 17.1 Å². The van der Waals surface area contributed by atoms with Gasteiger partial charge in [0.15, 0.2) is 24.1 Å². The smallest absolute Gasteiger partial charge is 0.366 e. The van der Waals surface area contributed by atoms with Crippen molar-refractivity contribution in [2.45, 2.75) is 6.92 Å². The Morgan fingerprint density at radius 2 is 1.92 bits per heavy atom. The van der Waals surface area contributed by atoms with Gasteiger partial charge in [-0.05, 0) is 42.8 Å². The minimum atomic E-state index is -0.814. The molecule has 6 nitrogen and oxygen atoms in total. The highest BCUT2D eigenvalue weighted by atomic mass is 35.5. The number of fused-ring (bicyclic) bond motifs is 1. The first kappa shape index (κ1) is 16.8. The van der Waals surface area contributed by atoms with Gasteiger partial charge in [0.05, 0.1) is 0 Å². The van der Waals surface area contributed by atoms with E-state index in [1.165, 1.54) is 4.68 Å². The van der Waals surface area contributed by atoms with Crippen molar-refractivity contribution < 1.29 is 19.0 Å². The minimum absolute atomic E-state index is 0.161. The Balaban J connectivity index is 2.20. The Morgan fingerprint density at radius 3 is 2.56 bits per heavy atom. The number of para-hydroxylation sites is 1. The number of hydrazine groups is 1. The lowest BCUT2D eigenvalue weighted by molar-refractivity contribution is -0.525. The summed E-state index contributed by atoms with van der Waals surface area (Å²) in [5.41, 5.74) is 1.32. The first-order chi connectivity index (χ1) is 12.2. The van der Waals surface area contributed by atoms with Gasteiger partial charge >= 0.3 is 11.0 Å². The Labute approximate surface area is 150 Å². The molecule has 0 atom stereocenters. The molecular formula is C18H15ClN3O3+. The van der Waals surface area contributed by atoms with Gasteiger partial charge in [0.25, 0.3) is 0 Å². The summed E-state index contributed by atoms with van der Waals surface area (Å²) in [5.74, 6) is 1.25. The van der Waals surface area contributed by atoms with E-state index in [1.807, 2.05) is 49.4 Å². The third kappa shape index (κ3) is 3.28. The first-order valence-corrected chi connectivity index (χ1v) is 8.02. The highest BCUT2D eigenvalue weighted by Gasteiger charge is 2.30. The normalized spacial score (nSPS) is 13.0. The van der Waals surface area contributed by atoms with E-state index in [-0.39, 0.29) is 12.5 Å². The summed E-state index contributed by atoms with van der Waals surface area (Å²) in [4.78, 5) is 11.7. The van der Waals surface area contributed by atoms with Crippen LogP contribution in [-0.2, 0) is 4.79 Å². The topological polar surface area (TPSA) is 65.6 Å². The predicted molar refractivity (Wildman–Crippen MR) is 93.4 cm³/mol. The van der Waals surface area contributed by atoms with E-state index >= 15 is 0 Å². The molecule has 0 unspecified atom stereocenters. The van der Waals surface area contributed by atoms with Crippen LogP contribution in [0.1, 0.15) is 6.92 Å². The van der Waals surface area contributed by atoms with E-state index in [0.29, 0.717) is 23.7 Å². The number of hydrazone groups is 1. The van der Waals surface area contributed by atoms with Gasteiger partial charge < -0.3 is 9.47 Å². The van der Waals surface area contributed by atoms with Crippen molar-refractivity contribution in [3.8, 4) is 17.6 Å². The average Bonchev–Trinajstić information content (AvgIpc) is 3.09. The Kier molecular flexibility index (Phi) is 4.87. The van der Waals surface area contributed by atoms with Crippen LogP contribution in [0.4, 0.5) is 11.4 Å². The molecule has 3 rings (SSSR count). The molecule has 0 amide bonds. The fraction of sp³-hybridized carbons (Fsp3) is 0.167. The molecule has 1 heterocycles. The second kappa shape index (κ2) is 7.24. The molecule has 0 aliphatic carbocycles. The van der Waals surface area contributed by atoms with Crippen LogP contribution >= 0.6 is 11.6 Å². The van der Waals surface area contributed by atoms with Crippen molar-refractivity contribution in [2.75, 3.05) is 18.3 Å². The van der Waals surface area contributed by atoms with Crippen LogP contribution in [0, 0.1) is 11.3 Å². The number of hydrogen-bond acceptors (Lipinski definition) is 5. The molecule has 126 valence electrons. The SMILES string of the molecule is CC[N+](=C(C#N)C(=O)Cl)N(c1ccccc1)c1ccc2c(c1)OCO2. The molecule has 0 N–H and O–H groups in total. The van der Waals surface area contributed by atoms with Gasteiger partial charge in [-0.1, -0.05) is 22.9 Å². The highest BCUT2D eigenvalue weighted by Crippen LogP contribution is 2.37. The number of hydrogen-bond donors (Lipinski definition) is 0. The molecule has 1 aliphatic heterocycles. The van der Waals surface area contributed by atoms with Gasteiger partial charge in [-0.15, -0.1) is 5.01 Å². The van der Waals surface area contributed by atoms with Crippen LogP contribution in [0.15, 0.2) is 48.5 Å². The summed E-state index contributed by atoms with van der Waals surface area (Å²) in [5, 5.41) is 10.3. The number of anilines is 2. The van der Waals surface area contributed by atoms with E-state index in [0.717, 1.165) is 5.69 Å². The predicted octanol–water partition coefficient (Wildman–Crippen LogP) is 3.23. The van der Waals surface area contributed by atoms with Crippen LogP contribution in [0.2, 0.25) is 0 Å². The zero-order valence-electron chi connectivity index (χ0n) is 13.5. The molecule has 1 aliphatic rings. The van der Waals surface area contributed by atoms with Gasteiger partial charge in [0.1, 0.15) is 11.4 Å². The van der Waals surface area contributed by atoms with Gasteiger partial charge in [-0.2, -0.15) is 5.26 Å². The Hall–Kier alpha value is -3.04. The summed E-state index contributed by atoms with van der Waals surface area (Å²) in [6, 6.07) is 16.7. The van der Waals surface area contributed by atoms with Crippen LogP contribution in [0.5, 0.6) is 11.5 Å². The number of carbonyl (C=O) groups is 1. The van der Waals surface area contributed by atoms with Crippen molar-refractivity contribution in [2.24, 2.45) is 0 Å². The number of benzene rings is 2. The van der Waals surface area contributed by atoms with E-state index < -0.39 is 5.24 Å². The van der Waals surface area contributed by atoms with Crippen molar-refractivity contribution in [3.05, 3.63) is 48.5 Å². The van der Waals surface area contributed by atoms with Gasteiger partial charge in [-0.25, -0.2) is 0 Å². The molecule has 0 spiro atoms. The lowest BCUT2D eigenvalue weighted by Gasteiger charge is -2.21. The summed E-state index contributed by atoms with van der Waals surface area (Å²) in [6.45, 7) is 2.36. The maximum absolute atomic E-state index is 11.7. The molecule has 0 fully saturated rings. The number of carbonyl (C=O) groups excluding carboxylic acids is 1. The first-order valence-electron chi connectivity index (χ1n) is 7.65. The monoisotopic (exact) mass is 356 g/mol. The number of halogens is 1. The Morgan fingerprint density at radius 1 is 1.20 bits per heavy atom. The van der Waals surface area contributed by atoms with Gasteiger partial charge in [-0.3, -0.25) is 4.79 Å². The van der Waals surface area contributed by atoms with E-state index in [2.05, 4.69) is 0 Å². The summed E-state index contributed by atoms with van der Waals surface area (Å²) < 4.78 is 12.3. The number of nitrogens with zero attached hydrogens (tertiary/aromatic N) is 3. The summed E-state index contributed by atoms with van der Waals surface area (Å²) in [7, 11) is 0. The summed E-state index contributed by atoms with van der Waals surface area (Å²) in [6.07, 6.45) is 0. The van der Waals surface area contributed by atoms with Gasteiger partial charge in [0.2, 0.25) is 6.79 Å². The molecule has 2 aromatic carbocycles. The van der Waals surface area contributed by atoms with Crippen LogP contribution < -0.4 is 14.5 Å². The average molecular weight is 357 g/mol. The minimum Gasteiger partial charge on any atom is -0.454 e. The zero-order valence-corrected chi connectivity index (χ0v) is 14.2. The third-order valence-electron chi connectivity index (χ3n) is 3.69. The van der Waals surface area contributed by atoms with Gasteiger partial charge in [0, 0.05) is 6.07 Å². The largest absolute Gasteiger partial charge is 0.454 e. The third-order valence-corrected chi connectivity index (χ3v) is 3.87. The number of ether oxygens (including phenoxy) is 2. The summed E-state index contributed by atoms with van der Waals surface area (Å²) >= 11 is 5.62. The quantitative estimate of drug-likeness (QED) is 0.356. The molecule has 0 aromatic heterocycles. The lowest BCUT2D eigenvalue weighted by atomic mass is 10.2. The molecule has 0 radical (unpaired) electrons. The second-order valence-electron chi connectivity index (χ2n) is 5.13. The van der Waals surface area contributed by atoms with E-state index in [9.17, 15) is 10.1 Å². The second-order valence-corrected chi connectivity index (χ2v) is 5.48. The standard InChI is InChI=1S/C18H15ClN3O3/c1-2-21(15(11-20)18(19)23)22(13-6-4-3-5-7-13)14-8-9-16-17(10-14)25-12-24-16/h3-10H,2,12H2,1H3/q+1. The van der Waals surface area contributed by atoms with E-state index in [4.69, 9.17) is 21.1 Å². The van der Waals surface area contributed by atoms with Crippen molar-refractivity contribution >= 4 is 33.9 Å². The van der Waals surface area contributed by atoms with Crippen LogP contribution in [0.25, 0.3) is 0 Å². The van der Waals surface area contributed by atoms with Crippen LogP contribution in [-0.4, -0.2) is 29.0 Å². The molecule has 25 heavy (non-hydrogen) atoms. The molecule has 0 bridgehead atoms. The van der Waals surface area contributed by atoms with Crippen molar-refractivity contribution in [1.29, 1.82) is 5.26 Å². The Bertz CT molecular complexity index is 875. The molecule has 2 aromatic rings. The van der Waals surface area contributed by atoms with Crippen LogP contribution in [0.3, 0.4) is 0 Å². The highest BCUT2D eigenvalue weighted by molar-refractivity contribution is 6.83. The maximum Gasteiger partial charge on any atom is 0.366 e. The number of nitriles is 1. The fourth-order valence-electron chi connectivity index (χ4n) is 2.62. The van der Waals surface area contributed by atoms with Crippen molar-refractivity contribution in [1.82, 2.24) is 0 Å². The van der Waals surface area contributed by atoms with Crippen molar-refractivity contribution in [3.63, 3.8) is 0 Å².